The molecule has 0 saturated heterocycles. The molecule has 0 bridgehead atoms. The summed E-state index contributed by atoms with van der Waals surface area (Å²) in [5.74, 6) is 1.99. The molecule has 1 aromatic heterocycles. The predicted octanol–water partition coefficient (Wildman–Crippen LogP) is 4.36. The zero-order valence-corrected chi connectivity index (χ0v) is 13.7. The maximum absolute atomic E-state index is 4.78. The molecule has 0 saturated carbocycles. The molecule has 3 heteroatoms. The van der Waals surface area contributed by atoms with E-state index in [1.807, 2.05) is 0 Å². The van der Waals surface area contributed by atoms with E-state index in [1.165, 1.54) is 30.6 Å². The van der Waals surface area contributed by atoms with Gasteiger partial charge in [-0.1, -0.05) is 45.7 Å². The van der Waals surface area contributed by atoms with Crippen LogP contribution >= 0.6 is 0 Å². The van der Waals surface area contributed by atoms with Crippen LogP contribution in [0.3, 0.4) is 0 Å². The van der Waals surface area contributed by atoms with Crippen LogP contribution in [0.25, 0.3) is 11.0 Å². The number of hydrogen-bond donors (Lipinski definition) is 1. The van der Waals surface area contributed by atoms with Crippen molar-refractivity contribution in [1.82, 2.24) is 14.9 Å². The van der Waals surface area contributed by atoms with Gasteiger partial charge < -0.3 is 9.88 Å². The van der Waals surface area contributed by atoms with Crippen LogP contribution < -0.4 is 5.32 Å². The monoisotopic (exact) mass is 287 g/mol. The first kappa shape index (κ1) is 16.0. The van der Waals surface area contributed by atoms with Gasteiger partial charge in [-0.25, -0.2) is 4.98 Å². The van der Waals surface area contributed by atoms with Crippen molar-refractivity contribution in [2.75, 3.05) is 6.54 Å². The molecule has 21 heavy (non-hydrogen) atoms. The Morgan fingerprint density at radius 3 is 2.76 bits per heavy atom. The highest BCUT2D eigenvalue weighted by molar-refractivity contribution is 5.75. The van der Waals surface area contributed by atoms with E-state index in [9.17, 15) is 0 Å². The van der Waals surface area contributed by atoms with E-state index < -0.39 is 0 Å². The molecular weight excluding hydrogens is 258 g/mol. The molecule has 0 aliphatic carbocycles. The lowest BCUT2D eigenvalue weighted by molar-refractivity contribution is 0.513. The molecule has 1 heterocycles. The van der Waals surface area contributed by atoms with Crippen LogP contribution in [0.5, 0.6) is 0 Å². The zero-order chi connectivity index (χ0) is 15.1. The number of nitrogens with one attached hydrogen (secondary N) is 1. The summed E-state index contributed by atoms with van der Waals surface area (Å²) in [5.41, 5.74) is 2.37. The lowest BCUT2D eigenvalue weighted by Gasteiger charge is -2.09. The number of imidazole rings is 1. The lowest BCUT2D eigenvalue weighted by atomic mass is 10.1. The van der Waals surface area contributed by atoms with Gasteiger partial charge in [0.2, 0.25) is 0 Å². The smallest absolute Gasteiger partial charge is 0.123 e. The van der Waals surface area contributed by atoms with E-state index in [0.717, 1.165) is 37.5 Å². The fourth-order valence-corrected chi connectivity index (χ4v) is 2.74. The van der Waals surface area contributed by atoms with Crippen molar-refractivity contribution in [3.63, 3.8) is 0 Å². The Hall–Kier alpha value is -1.35. The number of fused-ring (bicyclic) bond motifs is 1. The first-order valence-electron chi connectivity index (χ1n) is 8.37. The third kappa shape index (κ3) is 4.57. The molecule has 0 spiro atoms. The second-order valence-electron chi connectivity index (χ2n) is 6.23. The van der Waals surface area contributed by atoms with Crippen LogP contribution in [-0.2, 0) is 13.1 Å². The van der Waals surface area contributed by atoms with E-state index in [4.69, 9.17) is 4.98 Å². The third-order valence-electron chi connectivity index (χ3n) is 3.85. The van der Waals surface area contributed by atoms with Gasteiger partial charge >= 0.3 is 0 Å². The highest BCUT2D eigenvalue weighted by Gasteiger charge is 2.08. The van der Waals surface area contributed by atoms with Crippen molar-refractivity contribution in [1.29, 1.82) is 0 Å². The number of para-hydroxylation sites is 2. The van der Waals surface area contributed by atoms with Crippen LogP contribution in [0.4, 0.5) is 0 Å². The SMILES string of the molecule is CCCn1c(CNCCCCC(C)C)nc2ccccc21. The second kappa shape index (κ2) is 8.18. The van der Waals surface area contributed by atoms with Crippen LogP contribution in [0.1, 0.15) is 52.3 Å². The number of aryl methyl sites for hydroxylation is 1. The largest absolute Gasteiger partial charge is 0.327 e. The molecule has 2 rings (SSSR count). The minimum absolute atomic E-state index is 0.818. The van der Waals surface area contributed by atoms with Crippen LogP contribution in [-0.4, -0.2) is 16.1 Å². The Morgan fingerprint density at radius 2 is 2.00 bits per heavy atom. The molecule has 0 aliphatic heterocycles. The molecule has 0 unspecified atom stereocenters. The summed E-state index contributed by atoms with van der Waals surface area (Å²) in [6.07, 6.45) is 5.04. The summed E-state index contributed by atoms with van der Waals surface area (Å²) in [5, 5.41) is 3.55. The van der Waals surface area contributed by atoms with Gasteiger partial charge in [-0.2, -0.15) is 0 Å². The normalized spacial score (nSPS) is 11.6. The number of hydrogen-bond acceptors (Lipinski definition) is 2. The van der Waals surface area contributed by atoms with Crippen molar-refractivity contribution >= 4 is 11.0 Å². The van der Waals surface area contributed by atoms with Crippen molar-refractivity contribution in [3.8, 4) is 0 Å². The third-order valence-corrected chi connectivity index (χ3v) is 3.85. The van der Waals surface area contributed by atoms with Gasteiger partial charge in [0.15, 0.2) is 0 Å². The lowest BCUT2D eigenvalue weighted by Crippen LogP contribution is -2.18. The summed E-state index contributed by atoms with van der Waals surface area (Å²) in [6.45, 7) is 9.81. The highest BCUT2D eigenvalue weighted by atomic mass is 15.1. The van der Waals surface area contributed by atoms with Gasteiger partial charge in [0, 0.05) is 6.54 Å². The summed E-state index contributed by atoms with van der Waals surface area (Å²) in [6, 6.07) is 8.44. The van der Waals surface area contributed by atoms with Gasteiger partial charge in [0.25, 0.3) is 0 Å². The highest BCUT2D eigenvalue weighted by Crippen LogP contribution is 2.16. The van der Waals surface area contributed by atoms with Crippen molar-refractivity contribution in [2.24, 2.45) is 5.92 Å². The van der Waals surface area contributed by atoms with E-state index in [0.29, 0.717) is 0 Å². The predicted molar refractivity (Wildman–Crippen MR) is 90.4 cm³/mol. The number of rotatable bonds is 9. The maximum atomic E-state index is 4.78. The standard InChI is InChI=1S/C18H29N3/c1-4-13-21-17-11-6-5-10-16(17)20-18(21)14-19-12-8-7-9-15(2)3/h5-6,10-11,15,19H,4,7-9,12-14H2,1-3H3. The fourth-order valence-electron chi connectivity index (χ4n) is 2.74. The van der Waals surface area contributed by atoms with Crippen molar-refractivity contribution < 1.29 is 0 Å². The topological polar surface area (TPSA) is 29.9 Å². The number of aromatic nitrogens is 2. The molecule has 2 aromatic rings. The first-order chi connectivity index (χ1) is 10.2. The average Bonchev–Trinajstić information content (AvgIpc) is 2.81. The zero-order valence-electron chi connectivity index (χ0n) is 13.7. The minimum atomic E-state index is 0.818. The molecule has 3 nitrogen and oxygen atoms in total. The van der Waals surface area contributed by atoms with Gasteiger partial charge in [0.1, 0.15) is 5.82 Å². The van der Waals surface area contributed by atoms with Crippen molar-refractivity contribution in [2.45, 2.75) is 59.5 Å². The summed E-state index contributed by atoms with van der Waals surface area (Å²) in [4.78, 5) is 4.78. The average molecular weight is 287 g/mol. The van der Waals surface area contributed by atoms with E-state index >= 15 is 0 Å². The molecule has 0 amide bonds. The van der Waals surface area contributed by atoms with Crippen LogP contribution in [0, 0.1) is 5.92 Å². The maximum Gasteiger partial charge on any atom is 0.123 e. The van der Waals surface area contributed by atoms with E-state index in [2.05, 4.69) is 54.9 Å². The molecule has 0 radical (unpaired) electrons. The molecular formula is C18H29N3. The van der Waals surface area contributed by atoms with Gasteiger partial charge in [-0.15, -0.1) is 0 Å². The van der Waals surface area contributed by atoms with E-state index in [-0.39, 0.29) is 0 Å². The quantitative estimate of drug-likeness (QED) is 0.694. The van der Waals surface area contributed by atoms with E-state index in [1.54, 1.807) is 0 Å². The second-order valence-corrected chi connectivity index (χ2v) is 6.23. The first-order valence-corrected chi connectivity index (χ1v) is 8.37. The molecule has 0 atom stereocenters. The fraction of sp³-hybridized carbons (Fsp3) is 0.611. The Bertz CT molecular complexity index is 542. The van der Waals surface area contributed by atoms with Gasteiger partial charge in [0.05, 0.1) is 17.6 Å². The summed E-state index contributed by atoms with van der Waals surface area (Å²) < 4.78 is 2.36. The molecule has 0 fully saturated rings. The van der Waals surface area contributed by atoms with Gasteiger partial charge in [-0.05, 0) is 37.4 Å². The van der Waals surface area contributed by atoms with Crippen LogP contribution in [0.2, 0.25) is 0 Å². The number of benzene rings is 1. The number of nitrogens with zero attached hydrogens (tertiary/aromatic N) is 2. The Labute approximate surface area is 128 Å². The summed E-state index contributed by atoms with van der Waals surface area (Å²) in [7, 11) is 0. The molecule has 1 N–H and O–H groups in total. The Kier molecular flexibility index (Phi) is 6.24. The Morgan fingerprint density at radius 1 is 1.19 bits per heavy atom. The van der Waals surface area contributed by atoms with Gasteiger partial charge in [-0.3, -0.25) is 0 Å². The molecule has 116 valence electrons. The van der Waals surface area contributed by atoms with Crippen LogP contribution in [0.15, 0.2) is 24.3 Å². The number of unbranched alkanes of at least 4 members (excludes halogenated alkanes) is 1. The summed E-state index contributed by atoms with van der Waals surface area (Å²) >= 11 is 0. The van der Waals surface area contributed by atoms with Crippen molar-refractivity contribution in [3.05, 3.63) is 30.1 Å². The molecule has 1 aromatic carbocycles. The minimum Gasteiger partial charge on any atom is -0.327 e. The Balaban J connectivity index is 1.90. The molecule has 0 aliphatic rings.